The van der Waals surface area contributed by atoms with Gasteiger partial charge in [-0.2, -0.15) is 0 Å². The molecule has 0 spiro atoms. The molecule has 0 saturated carbocycles. The van der Waals surface area contributed by atoms with Gasteiger partial charge in [0.15, 0.2) is 0 Å². The number of hydrogen-bond acceptors (Lipinski definition) is 3. The molecule has 3 nitrogen and oxygen atoms in total. The number of rotatable bonds is 3. The minimum atomic E-state index is -0.0966. The second-order valence-corrected chi connectivity index (χ2v) is 5.34. The summed E-state index contributed by atoms with van der Waals surface area (Å²) in [6.45, 7) is 6.95. The zero-order valence-electron chi connectivity index (χ0n) is 11.6. The van der Waals surface area contributed by atoms with E-state index in [1.54, 1.807) is 0 Å². The summed E-state index contributed by atoms with van der Waals surface area (Å²) in [5, 5.41) is 0. The standard InChI is InChI=1S/C15H21NO2/c1-10-5-6-13(11(2)7-10)9-16(4)14-8-12(3)18-15(14)17/h5-7,12,14H,8-9H2,1-4H3. The fourth-order valence-corrected chi connectivity index (χ4v) is 2.50. The molecule has 0 bridgehead atoms. The van der Waals surface area contributed by atoms with Crippen molar-refractivity contribution in [2.45, 2.75) is 45.9 Å². The average molecular weight is 247 g/mol. The lowest BCUT2D eigenvalue weighted by atomic mass is 10.0. The summed E-state index contributed by atoms with van der Waals surface area (Å²) in [4.78, 5) is 13.8. The van der Waals surface area contributed by atoms with Crippen molar-refractivity contribution in [2.24, 2.45) is 0 Å². The summed E-state index contributed by atoms with van der Waals surface area (Å²) in [7, 11) is 1.99. The van der Waals surface area contributed by atoms with Crippen LogP contribution in [0.1, 0.15) is 30.0 Å². The molecule has 0 radical (unpaired) electrons. The number of esters is 1. The summed E-state index contributed by atoms with van der Waals surface area (Å²) in [6, 6.07) is 6.34. The van der Waals surface area contributed by atoms with E-state index >= 15 is 0 Å². The lowest BCUT2D eigenvalue weighted by Gasteiger charge is -2.22. The maximum absolute atomic E-state index is 11.7. The SMILES string of the molecule is Cc1ccc(CN(C)C2CC(C)OC2=O)c(C)c1. The van der Waals surface area contributed by atoms with Crippen molar-refractivity contribution < 1.29 is 9.53 Å². The summed E-state index contributed by atoms with van der Waals surface area (Å²) >= 11 is 0. The first kappa shape index (κ1) is 13.1. The monoisotopic (exact) mass is 247 g/mol. The normalized spacial score (nSPS) is 23.5. The van der Waals surface area contributed by atoms with Gasteiger partial charge in [-0.15, -0.1) is 0 Å². The molecule has 18 heavy (non-hydrogen) atoms. The van der Waals surface area contributed by atoms with E-state index in [4.69, 9.17) is 4.74 Å². The number of likely N-dealkylation sites (N-methyl/N-ethyl adjacent to an activating group) is 1. The Bertz CT molecular complexity index is 456. The molecule has 1 aromatic rings. The highest BCUT2D eigenvalue weighted by molar-refractivity contribution is 5.77. The third-order valence-corrected chi connectivity index (χ3v) is 3.59. The molecule has 2 atom stereocenters. The second-order valence-electron chi connectivity index (χ2n) is 5.34. The first-order valence-electron chi connectivity index (χ1n) is 6.44. The molecule has 2 rings (SSSR count). The van der Waals surface area contributed by atoms with Crippen LogP contribution < -0.4 is 0 Å². The number of ether oxygens (including phenoxy) is 1. The van der Waals surface area contributed by atoms with Crippen LogP contribution in [-0.2, 0) is 16.1 Å². The molecule has 1 saturated heterocycles. The molecule has 1 aliphatic heterocycles. The van der Waals surface area contributed by atoms with Crippen LogP contribution in [0.4, 0.5) is 0 Å². The van der Waals surface area contributed by atoms with Crippen LogP contribution >= 0.6 is 0 Å². The van der Waals surface area contributed by atoms with Crippen molar-refractivity contribution in [1.82, 2.24) is 4.90 Å². The predicted octanol–water partition coefficient (Wildman–Crippen LogP) is 2.44. The van der Waals surface area contributed by atoms with Crippen molar-refractivity contribution in [2.75, 3.05) is 7.05 Å². The Morgan fingerprint density at radius 1 is 1.39 bits per heavy atom. The Morgan fingerprint density at radius 3 is 2.67 bits per heavy atom. The van der Waals surface area contributed by atoms with E-state index in [0.717, 1.165) is 13.0 Å². The third kappa shape index (κ3) is 2.72. The van der Waals surface area contributed by atoms with E-state index < -0.39 is 0 Å². The topological polar surface area (TPSA) is 29.5 Å². The van der Waals surface area contributed by atoms with E-state index in [-0.39, 0.29) is 18.1 Å². The Balaban J connectivity index is 2.07. The number of hydrogen-bond donors (Lipinski definition) is 0. The van der Waals surface area contributed by atoms with Crippen LogP contribution in [-0.4, -0.2) is 30.1 Å². The first-order valence-corrected chi connectivity index (χ1v) is 6.44. The Morgan fingerprint density at radius 2 is 2.11 bits per heavy atom. The molecule has 1 heterocycles. The van der Waals surface area contributed by atoms with Gasteiger partial charge in [0, 0.05) is 13.0 Å². The van der Waals surface area contributed by atoms with Crippen LogP contribution in [0.3, 0.4) is 0 Å². The highest BCUT2D eigenvalue weighted by Gasteiger charge is 2.34. The molecule has 1 aromatic carbocycles. The molecule has 0 N–H and O–H groups in total. The van der Waals surface area contributed by atoms with E-state index in [1.807, 2.05) is 14.0 Å². The Labute approximate surface area is 109 Å². The quantitative estimate of drug-likeness (QED) is 0.768. The lowest BCUT2D eigenvalue weighted by molar-refractivity contribution is -0.144. The maximum Gasteiger partial charge on any atom is 0.323 e. The molecule has 3 heteroatoms. The second kappa shape index (κ2) is 5.11. The molecule has 0 amide bonds. The smallest absolute Gasteiger partial charge is 0.323 e. The van der Waals surface area contributed by atoms with Crippen molar-refractivity contribution in [3.63, 3.8) is 0 Å². The van der Waals surface area contributed by atoms with E-state index in [0.29, 0.717) is 0 Å². The van der Waals surface area contributed by atoms with Gasteiger partial charge in [0.25, 0.3) is 0 Å². The zero-order chi connectivity index (χ0) is 13.3. The van der Waals surface area contributed by atoms with Gasteiger partial charge in [0.1, 0.15) is 12.1 Å². The molecule has 0 aromatic heterocycles. The van der Waals surface area contributed by atoms with Gasteiger partial charge < -0.3 is 4.74 Å². The maximum atomic E-state index is 11.7. The summed E-state index contributed by atoms with van der Waals surface area (Å²) in [6.07, 6.45) is 0.837. The van der Waals surface area contributed by atoms with Crippen molar-refractivity contribution in [3.8, 4) is 0 Å². The van der Waals surface area contributed by atoms with E-state index in [2.05, 4.69) is 36.9 Å². The molecule has 1 fully saturated rings. The number of carbonyl (C=O) groups excluding carboxylic acids is 1. The lowest BCUT2D eigenvalue weighted by Crippen LogP contribution is -2.35. The number of aryl methyl sites for hydroxylation is 2. The molecular weight excluding hydrogens is 226 g/mol. The molecule has 1 aliphatic rings. The van der Waals surface area contributed by atoms with Crippen LogP contribution in [0.5, 0.6) is 0 Å². The van der Waals surface area contributed by atoms with Gasteiger partial charge in [-0.05, 0) is 38.9 Å². The van der Waals surface area contributed by atoms with Crippen LogP contribution in [0.15, 0.2) is 18.2 Å². The Kier molecular flexibility index (Phi) is 3.71. The highest BCUT2D eigenvalue weighted by atomic mass is 16.6. The molecular formula is C15H21NO2. The van der Waals surface area contributed by atoms with Gasteiger partial charge >= 0.3 is 5.97 Å². The fraction of sp³-hybridized carbons (Fsp3) is 0.533. The molecule has 98 valence electrons. The summed E-state index contributed by atoms with van der Waals surface area (Å²) < 4.78 is 5.20. The number of nitrogens with zero attached hydrogens (tertiary/aromatic N) is 1. The molecule has 0 aliphatic carbocycles. The summed E-state index contributed by atoms with van der Waals surface area (Å²) in [5.41, 5.74) is 3.82. The van der Waals surface area contributed by atoms with Crippen LogP contribution in [0.25, 0.3) is 0 Å². The van der Waals surface area contributed by atoms with Gasteiger partial charge in [-0.1, -0.05) is 23.8 Å². The summed E-state index contributed by atoms with van der Waals surface area (Å²) in [5.74, 6) is -0.0882. The van der Waals surface area contributed by atoms with Crippen molar-refractivity contribution in [1.29, 1.82) is 0 Å². The first-order chi connectivity index (χ1) is 8.47. The largest absolute Gasteiger partial charge is 0.461 e. The third-order valence-electron chi connectivity index (χ3n) is 3.59. The van der Waals surface area contributed by atoms with Crippen LogP contribution in [0.2, 0.25) is 0 Å². The van der Waals surface area contributed by atoms with Gasteiger partial charge in [-0.3, -0.25) is 9.69 Å². The minimum Gasteiger partial charge on any atom is -0.461 e. The number of cyclic esters (lactones) is 1. The minimum absolute atomic E-state index is 0.0454. The number of benzene rings is 1. The average Bonchev–Trinajstić information content (AvgIpc) is 2.62. The van der Waals surface area contributed by atoms with Gasteiger partial charge in [-0.25, -0.2) is 0 Å². The van der Waals surface area contributed by atoms with Gasteiger partial charge in [0.2, 0.25) is 0 Å². The molecule has 2 unspecified atom stereocenters. The zero-order valence-corrected chi connectivity index (χ0v) is 11.6. The van der Waals surface area contributed by atoms with Gasteiger partial charge in [0.05, 0.1) is 0 Å². The fourth-order valence-electron chi connectivity index (χ4n) is 2.50. The predicted molar refractivity (Wildman–Crippen MR) is 71.3 cm³/mol. The van der Waals surface area contributed by atoms with Crippen molar-refractivity contribution >= 4 is 5.97 Å². The van der Waals surface area contributed by atoms with Crippen molar-refractivity contribution in [3.05, 3.63) is 34.9 Å². The highest BCUT2D eigenvalue weighted by Crippen LogP contribution is 2.21. The van der Waals surface area contributed by atoms with Crippen LogP contribution in [0, 0.1) is 13.8 Å². The number of carbonyl (C=O) groups is 1. The van der Waals surface area contributed by atoms with E-state index in [9.17, 15) is 4.79 Å². The van der Waals surface area contributed by atoms with E-state index in [1.165, 1.54) is 16.7 Å². The Hall–Kier alpha value is -1.35.